The second-order valence-electron chi connectivity index (χ2n) is 4.65. The summed E-state index contributed by atoms with van der Waals surface area (Å²) < 4.78 is 0. The number of hydrogen-bond donors (Lipinski definition) is 1. The van der Waals surface area contributed by atoms with Gasteiger partial charge in [-0.05, 0) is 48.2 Å². The summed E-state index contributed by atoms with van der Waals surface area (Å²) in [7, 11) is 0. The van der Waals surface area contributed by atoms with Gasteiger partial charge in [0.2, 0.25) is 0 Å². The highest BCUT2D eigenvalue weighted by Crippen LogP contribution is 2.20. The lowest BCUT2D eigenvalue weighted by molar-refractivity contribution is 0.0955. The molecular formula is C16H14N2OS2. The molecule has 21 heavy (non-hydrogen) atoms. The summed E-state index contributed by atoms with van der Waals surface area (Å²) in [5.74, 6) is -0.0259. The Bertz CT molecular complexity index is 747. The number of thiophene rings is 2. The van der Waals surface area contributed by atoms with E-state index < -0.39 is 0 Å². The zero-order valence-corrected chi connectivity index (χ0v) is 13.1. The molecule has 106 valence electrons. The number of aromatic nitrogens is 1. The molecule has 0 saturated carbocycles. The average molecular weight is 314 g/mol. The fourth-order valence-electron chi connectivity index (χ4n) is 1.98. The third-order valence-electron chi connectivity index (χ3n) is 3.06. The molecular weight excluding hydrogens is 300 g/mol. The molecule has 0 aliphatic rings. The Balaban J connectivity index is 1.68. The standard InChI is InChI=1S/C16H14N2OS2/c1-11-2-3-15(21-11)16(19)18-9-12-4-6-17-14(8-12)13-5-7-20-10-13/h2-8,10H,9H2,1H3,(H,18,19). The zero-order chi connectivity index (χ0) is 14.7. The number of carbonyl (C=O) groups excluding carboxylic acids is 1. The average Bonchev–Trinajstić information content (AvgIpc) is 3.16. The molecule has 0 radical (unpaired) electrons. The summed E-state index contributed by atoms with van der Waals surface area (Å²) in [5, 5.41) is 7.05. The summed E-state index contributed by atoms with van der Waals surface area (Å²) in [4.78, 5) is 18.3. The highest BCUT2D eigenvalue weighted by Gasteiger charge is 2.08. The lowest BCUT2D eigenvalue weighted by Crippen LogP contribution is -2.21. The van der Waals surface area contributed by atoms with Gasteiger partial charge < -0.3 is 5.32 Å². The van der Waals surface area contributed by atoms with Crippen molar-refractivity contribution >= 4 is 28.6 Å². The molecule has 3 aromatic rings. The van der Waals surface area contributed by atoms with Crippen LogP contribution in [0, 0.1) is 6.92 Å². The minimum Gasteiger partial charge on any atom is -0.347 e. The van der Waals surface area contributed by atoms with Crippen molar-refractivity contribution < 1.29 is 4.79 Å². The van der Waals surface area contributed by atoms with Crippen molar-refractivity contribution in [3.05, 3.63) is 62.6 Å². The van der Waals surface area contributed by atoms with E-state index in [0.29, 0.717) is 6.54 Å². The maximum absolute atomic E-state index is 12.0. The quantitative estimate of drug-likeness (QED) is 0.787. The first-order chi connectivity index (χ1) is 10.2. The Kier molecular flexibility index (Phi) is 4.13. The molecule has 0 saturated heterocycles. The van der Waals surface area contributed by atoms with Gasteiger partial charge in [0, 0.05) is 28.6 Å². The predicted molar refractivity (Wildman–Crippen MR) is 87.8 cm³/mol. The first-order valence-corrected chi connectivity index (χ1v) is 8.30. The van der Waals surface area contributed by atoms with Gasteiger partial charge in [-0.15, -0.1) is 11.3 Å². The summed E-state index contributed by atoms with van der Waals surface area (Å²) >= 11 is 3.16. The van der Waals surface area contributed by atoms with E-state index in [0.717, 1.165) is 26.6 Å². The molecule has 3 heterocycles. The third-order valence-corrected chi connectivity index (χ3v) is 4.74. The van der Waals surface area contributed by atoms with Crippen LogP contribution in [0.4, 0.5) is 0 Å². The van der Waals surface area contributed by atoms with Crippen LogP contribution >= 0.6 is 22.7 Å². The van der Waals surface area contributed by atoms with Gasteiger partial charge in [-0.1, -0.05) is 0 Å². The summed E-state index contributed by atoms with van der Waals surface area (Å²) in [6.45, 7) is 2.51. The summed E-state index contributed by atoms with van der Waals surface area (Å²) in [6, 6.07) is 9.81. The SMILES string of the molecule is Cc1ccc(C(=O)NCc2ccnc(-c3ccsc3)c2)s1. The molecule has 0 aliphatic carbocycles. The number of pyridine rings is 1. The third kappa shape index (κ3) is 3.37. The molecule has 5 heteroatoms. The van der Waals surface area contributed by atoms with Crippen molar-refractivity contribution in [1.29, 1.82) is 0 Å². The molecule has 0 spiro atoms. The van der Waals surface area contributed by atoms with E-state index in [1.807, 2.05) is 42.6 Å². The highest BCUT2D eigenvalue weighted by molar-refractivity contribution is 7.13. The first kappa shape index (κ1) is 14.0. The van der Waals surface area contributed by atoms with E-state index in [4.69, 9.17) is 0 Å². The van der Waals surface area contributed by atoms with Crippen LogP contribution in [0.25, 0.3) is 11.3 Å². The second-order valence-corrected chi connectivity index (χ2v) is 6.72. The minimum absolute atomic E-state index is 0.0259. The molecule has 3 aromatic heterocycles. The van der Waals surface area contributed by atoms with Crippen LogP contribution in [0.15, 0.2) is 47.3 Å². The van der Waals surface area contributed by atoms with Gasteiger partial charge in [0.05, 0.1) is 10.6 Å². The number of aryl methyl sites for hydroxylation is 1. The van der Waals surface area contributed by atoms with E-state index in [1.54, 1.807) is 17.5 Å². The van der Waals surface area contributed by atoms with Crippen molar-refractivity contribution in [2.75, 3.05) is 0 Å². The summed E-state index contributed by atoms with van der Waals surface area (Å²) in [6.07, 6.45) is 1.78. The topological polar surface area (TPSA) is 42.0 Å². The van der Waals surface area contributed by atoms with Crippen LogP contribution in [0.1, 0.15) is 20.1 Å². The number of nitrogens with one attached hydrogen (secondary N) is 1. The Morgan fingerprint density at radius 3 is 2.90 bits per heavy atom. The number of rotatable bonds is 4. The minimum atomic E-state index is -0.0259. The van der Waals surface area contributed by atoms with Gasteiger partial charge in [-0.2, -0.15) is 11.3 Å². The molecule has 0 fully saturated rings. The van der Waals surface area contributed by atoms with Crippen LogP contribution in [0.3, 0.4) is 0 Å². The van der Waals surface area contributed by atoms with E-state index in [2.05, 4.69) is 15.7 Å². The zero-order valence-electron chi connectivity index (χ0n) is 11.5. The molecule has 1 amide bonds. The molecule has 0 unspecified atom stereocenters. The van der Waals surface area contributed by atoms with E-state index in [9.17, 15) is 4.79 Å². The molecule has 0 aliphatic heterocycles. The van der Waals surface area contributed by atoms with Crippen LogP contribution in [0.5, 0.6) is 0 Å². The number of nitrogens with zero attached hydrogens (tertiary/aromatic N) is 1. The predicted octanol–water partition coefficient (Wildman–Crippen LogP) is 4.11. The smallest absolute Gasteiger partial charge is 0.261 e. The lowest BCUT2D eigenvalue weighted by Gasteiger charge is -2.05. The Morgan fingerprint density at radius 2 is 2.19 bits per heavy atom. The van der Waals surface area contributed by atoms with E-state index in [-0.39, 0.29) is 5.91 Å². The Hall–Kier alpha value is -1.98. The van der Waals surface area contributed by atoms with Gasteiger partial charge >= 0.3 is 0 Å². The summed E-state index contributed by atoms with van der Waals surface area (Å²) in [5.41, 5.74) is 3.10. The van der Waals surface area contributed by atoms with Gasteiger partial charge in [0.25, 0.3) is 5.91 Å². The van der Waals surface area contributed by atoms with Gasteiger partial charge in [0.1, 0.15) is 0 Å². The van der Waals surface area contributed by atoms with Crippen LogP contribution in [0.2, 0.25) is 0 Å². The van der Waals surface area contributed by atoms with Crippen molar-refractivity contribution in [2.24, 2.45) is 0 Å². The fraction of sp³-hybridized carbons (Fsp3) is 0.125. The van der Waals surface area contributed by atoms with E-state index >= 15 is 0 Å². The molecule has 3 nitrogen and oxygen atoms in total. The molecule has 3 rings (SSSR count). The first-order valence-electron chi connectivity index (χ1n) is 6.54. The maximum Gasteiger partial charge on any atom is 0.261 e. The van der Waals surface area contributed by atoms with Crippen LogP contribution in [-0.4, -0.2) is 10.9 Å². The second kappa shape index (κ2) is 6.20. The molecule has 1 N–H and O–H groups in total. The number of hydrogen-bond acceptors (Lipinski definition) is 4. The maximum atomic E-state index is 12.0. The lowest BCUT2D eigenvalue weighted by atomic mass is 10.1. The van der Waals surface area contributed by atoms with Crippen molar-refractivity contribution in [1.82, 2.24) is 10.3 Å². The molecule has 0 bridgehead atoms. The Labute approximate surface area is 131 Å². The van der Waals surface area contributed by atoms with Crippen LogP contribution < -0.4 is 5.32 Å². The van der Waals surface area contributed by atoms with Crippen LogP contribution in [-0.2, 0) is 6.54 Å². The fourth-order valence-corrected chi connectivity index (χ4v) is 3.41. The van der Waals surface area contributed by atoms with Crippen molar-refractivity contribution in [3.63, 3.8) is 0 Å². The number of amides is 1. The normalized spacial score (nSPS) is 10.5. The largest absolute Gasteiger partial charge is 0.347 e. The van der Waals surface area contributed by atoms with Gasteiger partial charge in [0.15, 0.2) is 0 Å². The monoisotopic (exact) mass is 314 g/mol. The molecule has 0 aromatic carbocycles. The van der Waals surface area contributed by atoms with Gasteiger partial charge in [-0.3, -0.25) is 9.78 Å². The number of carbonyl (C=O) groups is 1. The Morgan fingerprint density at radius 1 is 1.29 bits per heavy atom. The van der Waals surface area contributed by atoms with Gasteiger partial charge in [-0.25, -0.2) is 0 Å². The highest BCUT2D eigenvalue weighted by atomic mass is 32.1. The van der Waals surface area contributed by atoms with Crippen molar-refractivity contribution in [3.8, 4) is 11.3 Å². The van der Waals surface area contributed by atoms with E-state index in [1.165, 1.54) is 11.3 Å². The van der Waals surface area contributed by atoms with Crippen molar-refractivity contribution in [2.45, 2.75) is 13.5 Å². The molecule has 0 atom stereocenters.